The third-order valence-electron chi connectivity index (χ3n) is 5.07. The van der Waals surface area contributed by atoms with Gasteiger partial charge in [0.2, 0.25) is 15.9 Å². The first-order valence-corrected chi connectivity index (χ1v) is 10.9. The van der Waals surface area contributed by atoms with Crippen molar-refractivity contribution in [2.75, 3.05) is 30.4 Å². The number of fused-ring (bicyclic) bond motifs is 1. The van der Waals surface area contributed by atoms with E-state index >= 15 is 0 Å². The van der Waals surface area contributed by atoms with Crippen molar-refractivity contribution in [3.8, 4) is 0 Å². The number of carbonyl (C=O) groups excluding carboxylic acids is 1. The maximum atomic E-state index is 12.7. The van der Waals surface area contributed by atoms with Crippen molar-refractivity contribution < 1.29 is 13.2 Å². The van der Waals surface area contributed by atoms with Crippen LogP contribution in [-0.2, 0) is 27.7 Å². The number of hydrogen-bond donors (Lipinski definition) is 1. The molecule has 1 amide bonds. The average molecular weight is 402 g/mol. The molecule has 1 aliphatic heterocycles. The lowest BCUT2D eigenvalue weighted by Crippen LogP contribution is -2.33. The number of amides is 1. The molecule has 2 aromatic carbocycles. The minimum Gasteiger partial charge on any atom is -0.378 e. The lowest BCUT2D eigenvalue weighted by molar-refractivity contribution is -0.116. The Morgan fingerprint density at radius 1 is 1.18 bits per heavy atom. The molecular weight excluding hydrogens is 374 g/mol. The summed E-state index contributed by atoms with van der Waals surface area (Å²) in [7, 11) is 0.374. The van der Waals surface area contributed by atoms with Crippen LogP contribution in [0.2, 0.25) is 0 Å². The normalized spacial score (nSPS) is 16.1. The van der Waals surface area contributed by atoms with E-state index in [4.69, 9.17) is 0 Å². The highest BCUT2D eigenvalue weighted by molar-refractivity contribution is 7.89. The summed E-state index contributed by atoms with van der Waals surface area (Å²) in [6.45, 7) is 3.83. The molecule has 3 rings (SSSR count). The molecule has 0 saturated carbocycles. The highest BCUT2D eigenvalue weighted by Crippen LogP contribution is 2.33. The van der Waals surface area contributed by atoms with Gasteiger partial charge in [0, 0.05) is 45.0 Å². The van der Waals surface area contributed by atoms with Crippen molar-refractivity contribution in [2.45, 2.75) is 37.6 Å². The summed E-state index contributed by atoms with van der Waals surface area (Å²) < 4.78 is 28.0. The van der Waals surface area contributed by atoms with Crippen LogP contribution in [0.5, 0.6) is 0 Å². The number of anilines is 2. The molecule has 1 N–H and O–H groups in total. The van der Waals surface area contributed by atoms with Crippen LogP contribution >= 0.6 is 0 Å². The fourth-order valence-electron chi connectivity index (χ4n) is 3.63. The van der Waals surface area contributed by atoms with Gasteiger partial charge in [0.05, 0.1) is 4.90 Å². The zero-order valence-corrected chi connectivity index (χ0v) is 17.6. The maximum Gasteiger partial charge on any atom is 0.240 e. The predicted molar refractivity (Wildman–Crippen MR) is 112 cm³/mol. The van der Waals surface area contributed by atoms with Crippen molar-refractivity contribution in [1.29, 1.82) is 0 Å². The third kappa shape index (κ3) is 4.20. The van der Waals surface area contributed by atoms with Gasteiger partial charge >= 0.3 is 0 Å². The Kier molecular flexibility index (Phi) is 5.76. The van der Waals surface area contributed by atoms with Gasteiger partial charge in [-0.1, -0.05) is 12.1 Å². The Labute approximate surface area is 167 Å². The highest BCUT2D eigenvalue weighted by Gasteiger charge is 2.30. The number of nitrogens with one attached hydrogen (secondary N) is 1. The Morgan fingerprint density at radius 3 is 2.46 bits per heavy atom. The van der Waals surface area contributed by atoms with Gasteiger partial charge in [-0.2, -0.15) is 0 Å². The van der Waals surface area contributed by atoms with E-state index in [9.17, 15) is 13.2 Å². The number of benzene rings is 2. The number of rotatable bonds is 6. The summed E-state index contributed by atoms with van der Waals surface area (Å²) >= 11 is 0. The van der Waals surface area contributed by atoms with E-state index in [-0.39, 0.29) is 16.8 Å². The molecule has 0 bridgehead atoms. The van der Waals surface area contributed by atoms with Gasteiger partial charge in [-0.25, -0.2) is 13.1 Å². The number of sulfonamides is 1. The zero-order valence-electron chi connectivity index (χ0n) is 16.8. The first kappa shape index (κ1) is 20.4. The zero-order chi connectivity index (χ0) is 20.5. The van der Waals surface area contributed by atoms with Crippen molar-refractivity contribution in [2.24, 2.45) is 0 Å². The Morgan fingerprint density at radius 2 is 1.86 bits per heavy atom. The van der Waals surface area contributed by atoms with Gasteiger partial charge in [0.15, 0.2) is 0 Å². The third-order valence-corrected chi connectivity index (χ3v) is 6.53. The van der Waals surface area contributed by atoms with Crippen molar-refractivity contribution in [3.05, 3.63) is 53.6 Å². The molecule has 1 atom stereocenters. The SMILES string of the molecule is CC(=O)N1c2ccc(S(=O)(=O)NCCc3ccc(N(C)C)cc3)cc2CC1C. The van der Waals surface area contributed by atoms with E-state index in [1.165, 1.54) is 6.92 Å². The number of hydrogen-bond acceptors (Lipinski definition) is 4. The first-order valence-electron chi connectivity index (χ1n) is 9.37. The molecule has 1 unspecified atom stereocenters. The van der Waals surface area contributed by atoms with Crippen LogP contribution < -0.4 is 14.5 Å². The maximum absolute atomic E-state index is 12.7. The molecule has 0 aromatic heterocycles. The minimum atomic E-state index is -3.59. The molecule has 0 fully saturated rings. The van der Waals surface area contributed by atoms with E-state index in [0.29, 0.717) is 19.4 Å². The molecular formula is C21H27N3O3S. The van der Waals surface area contributed by atoms with Crippen LogP contribution in [0.1, 0.15) is 25.0 Å². The van der Waals surface area contributed by atoms with Crippen LogP contribution in [0.25, 0.3) is 0 Å². The quantitative estimate of drug-likeness (QED) is 0.808. The monoisotopic (exact) mass is 401 g/mol. The molecule has 2 aromatic rings. The van der Waals surface area contributed by atoms with Gasteiger partial charge in [-0.15, -0.1) is 0 Å². The Hall–Kier alpha value is -2.38. The summed E-state index contributed by atoms with van der Waals surface area (Å²) in [4.78, 5) is 15.8. The highest BCUT2D eigenvalue weighted by atomic mass is 32.2. The van der Waals surface area contributed by atoms with Gasteiger partial charge in [0.1, 0.15) is 0 Å². The number of carbonyl (C=O) groups is 1. The molecule has 28 heavy (non-hydrogen) atoms. The second-order valence-electron chi connectivity index (χ2n) is 7.44. The molecule has 7 heteroatoms. The van der Waals surface area contributed by atoms with E-state index in [2.05, 4.69) is 4.72 Å². The molecule has 1 heterocycles. The van der Waals surface area contributed by atoms with E-state index < -0.39 is 10.0 Å². The summed E-state index contributed by atoms with van der Waals surface area (Å²) in [5.74, 6) is -0.0275. The predicted octanol–water partition coefficient (Wildman–Crippen LogP) is 2.57. The Balaban J connectivity index is 1.67. The molecule has 0 radical (unpaired) electrons. The molecule has 6 nitrogen and oxygen atoms in total. The van der Waals surface area contributed by atoms with Gasteiger partial charge in [0.25, 0.3) is 0 Å². The van der Waals surface area contributed by atoms with Gasteiger partial charge in [-0.05, 0) is 61.2 Å². The summed E-state index contributed by atoms with van der Waals surface area (Å²) in [5, 5.41) is 0. The average Bonchev–Trinajstić information content (AvgIpc) is 2.97. The van der Waals surface area contributed by atoms with Gasteiger partial charge in [-0.3, -0.25) is 4.79 Å². The second-order valence-corrected chi connectivity index (χ2v) is 9.21. The molecule has 0 aliphatic carbocycles. The van der Waals surface area contributed by atoms with E-state index in [1.807, 2.05) is 50.2 Å². The second kappa shape index (κ2) is 7.93. The smallest absolute Gasteiger partial charge is 0.240 e. The fraction of sp³-hybridized carbons (Fsp3) is 0.381. The van der Waals surface area contributed by atoms with Crippen LogP contribution in [0.3, 0.4) is 0 Å². The van der Waals surface area contributed by atoms with Gasteiger partial charge < -0.3 is 9.80 Å². The largest absolute Gasteiger partial charge is 0.378 e. The topological polar surface area (TPSA) is 69.7 Å². The molecule has 1 aliphatic rings. The fourth-order valence-corrected chi connectivity index (χ4v) is 4.71. The summed E-state index contributed by atoms with van der Waals surface area (Å²) in [6, 6.07) is 13.1. The lowest BCUT2D eigenvalue weighted by Gasteiger charge is -2.20. The van der Waals surface area contributed by atoms with Crippen LogP contribution in [0.4, 0.5) is 11.4 Å². The van der Waals surface area contributed by atoms with Crippen molar-refractivity contribution >= 4 is 27.3 Å². The Bertz CT molecular complexity index is 969. The minimum absolute atomic E-state index is 0.0275. The molecule has 150 valence electrons. The standard InChI is InChI=1S/C21H27N3O3S/c1-15-13-18-14-20(9-10-21(18)24(15)16(2)25)28(26,27)22-12-11-17-5-7-19(8-6-17)23(3)4/h5-10,14-15,22H,11-13H2,1-4H3. The summed E-state index contributed by atoms with van der Waals surface area (Å²) in [6.07, 6.45) is 1.28. The van der Waals surface area contributed by atoms with Crippen LogP contribution in [0.15, 0.2) is 47.4 Å². The summed E-state index contributed by atoms with van der Waals surface area (Å²) in [5.41, 5.74) is 3.88. The number of nitrogens with zero attached hydrogens (tertiary/aromatic N) is 2. The molecule has 0 spiro atoms. The van der Waals surface area contributed by atoms with E-state index in [0.717, 1.165) is 22.5 Å². The van der Waals surface area contributed by atoms with Crippen LogP contribution in [-0.4, -0.2) is 41.0 Å². The molecule has 0 saturated heterocycles. The van der Waals surface area contributed by atoms with Crippen LogP contribution in [0, 0.1) is 0 Å². The van der Waals surface area contributed by atoms with Crippen molar-refractivity contribution in [1.82, 2.24) is 4.72 Å². The van der Waals surface area contributed by atoms with Crippen molar-refractivity contribution in [3.63, 3.8) is 0 Å². The first-order chi connectivity index (χ1) is 13.2. The van der Waals surface area contributed by atoms with E-state index in [1.54, 1.807) is 23.1 Å². The lowest BCUT2D eigenvalue weighted by atomic mass is 10.1.